The molecule has 0 aliphatic rings. The lowest BCUT2D eigenvalue weighted by molar-refractivity contribution is 0.691. The number of thiazole rings is 1. The number of aryl methyl sites for hydroxylation is 1. The van der Waals surface area contributed by atoms with Crippen LogP contribution in [0.25, 0.3) is 10.9 Å². The molecule has 0 saturated heterocycles. The highest BCUT2D eigenvalue weighted by molar-refractivity contribution is 7.09. The van der Waals surface area contributed by atoms with Crippen LogP contribution in [-0.2, 0) is 20.1 Å². The second kappa shape index (κ2) is 4.92. The van der Waals surface area contributed by atoms with E-state index in [9.17, 15) is 0 Å². The summed E-state index contributed by atoms with van der Waals surface area (Å²) in [5, 5.41) is 7.91. The molecule has 0 fully saturated rings. The molecule has 0 radical (unpaired) electrons. The number of rotatable bonds is 4. The van der Waals surface area contributed by atoms with E-state index >= 15 is 0 Å². The van der Waals surface area contributed by atoms with Crippen LogP contribution >= 0.6 is 11.3 Å². The van der Waals surface area contributed by atoms with Crippen molar-refractivity contribution in [1.82, 2.24) is 14.9 Å². The highest BCUT2D eigenvalue weighted by Crippen LogP contribution is 2.20. The predicted octanol–water partition coefficient (Wildman–Crippen LogP) is 2.92. The molecule has 2 heterocycles. The molecule has 0 bridgehead atoms. The largest absolute Gasteiger partial charge is 0.350 e. The van der Waals surface area contributed by atoms with Gasteiger partial charge in [-0.2, -0.15) is 0 Å². The fourth-order valence-corrected chi connectivity index (χ4v) is 2.80. The summed E-state index contributed by atoms with van der Waals surface area (Å²) in [6, 6.07) is 8.50. The predicted molar refractivity (Wildman–Crippen MR) is 75.6 cm³/mol. The van der Waals surface area contributed by atoms with Crippen LogP contribution in [0.3, 0.4) is 0 Å². The second-order valence-corrected chi connectivity index (χ2v) is 5.29. The molecule has 92 valence electrons. The Morgan fingerprint density at radius 2 is 2.17 bits per heavy atom. The van der Waals surface area contributed by atoms with Crippen LogP contribution in [0.15, 0.2) is 42.0 Å². The van der Waals surface area contributed by atoms with Crippen molar-refractivity contribution < 1.29 is 0 Å². The summed E-state index contributed by atoms with van der Waals surface area (Å²) in [4.78, 5) is 4.27. The minimum atomic E-state index is 0.834. The smallest absolute Gasteiger partial charge is 0.106 e. The average Bonchev–Trinajstić information content (AvgIpc) is 3.00. The van der Waals surface area contributed by atoms with Gasteiger partial charge in [0.2, 0.25) is 0 Å². The van der Waals surface area contributed by atoms with Crippen molar-refractivity contribution in [3.8, 4) is 0 Å². The zero-order valence-corrected chi connectivity index (χ0v) is 11.1. The van der Waals surface area contributed by atoms with Crippen LogP contribution in [0.2, 0.25) is 0 Å². The zero-order chi connectivity index (χ0) is 12.4. The Bertz CT molecular complexity index is 640. The number of fused-ring (bicyclic) bond motifs is 1. The van der Waals surface area contributed by atoms with Gasteiger partial charge in [0.05, 0.1) is 0 Å². The third-order valence-electron chi connectivity index (χ3n) is 3.05. The van der Waals surface area contributed by atoms with E-state index in [-0.39, 0.29) is 0 Å². The summed E-state index contributed by atoms with van der Waals surface area (Å²) >= 11 is 1.69. The number of nitrogens with zero attached hydrogens (tertiary/aromatic N) is 2. The number of nitrogens with one attached hydrogen (secondary N) is 1. The van der Waals surface area contributed by atoms with E-state index in [2.05, 4.69) is 52.4 Å². The van der Waals surface area contributed by atoms with Crippen molar-refractivity contribution >= 4 is 22.2 Å². The zero-order valence-electron chi connectivity index (χ0n) is 10.3. The van der Waals surface area contributed by atoms with Crippen LogP contribution < -0.4 is 5.32 Å². The molecule has 3 nitrogen and oxygen atoms in total. The number of aromatic nitrogens is 2. The Morgan fingerprint density at radius 3 is 3.00 bits per heavy atom. The molecule has 0 saturated carbocycles. The molecule has 1 aromatic carbocycles. The van der Waals surface area contributed by atoms with Gasteiger partial charge < -0.3 is 9.88 Å². The minimum absolute atomic E-state index is 0.834. The quantitative estimate of drug-likeness (QED) is 0.779. The monoisotopic (exact) mass is 257 g/mol. The van der Waals surface area contributed by atoms with Crippen molar-refractivity contribution in [2.45, 2.75) is 13.1 Å². The first kappa shape index (κ1) is 11.4. The Morgan fingerprint density at radius 1 is 1.28 bits per heavy atom. The van der Waals surface area contributed by atoms with Gasteiger partial charge in [0.1, 0.15) is 5.01 Å². The number of hydrogen-bond acceptors (Lipinski definition) is 3. The van der Waals surface area contributed by atoms with Gasteiger partial charge in [-0.3, -0.25) is 0 Å². The first-order valence-electron chi connectivity index (χ1n) is 5.96. The van der Waals surface area contributed by atoms with Gasteiger partial charge in [-0.1, -0.05) is 18.2 Å². The van der Waals surface area contributed by atoms with E-state index in [0.29, 0.717) is 0 Å². The summed E-state index contributed by atoms with van der Waals surface area (Å²) in [5.74, 6) is 0. The van der Waals surface area contributed by atoms with Crippen molar-refractivity contribution in [3.63, 3.8) is 0 Å². The lowest BCUT2D eigenvalue weighted by Crippen LogP contribution is -2.12. The maximum absolute atomic E-state index is 4.27. The Labute approximate surface area is 110 Å². The van der Waals surface area contributed by atoms with Gasteiger partial charge in [0, 0.05) is 48.8 Å². The van der Waals surface area contributed by atoms with Gasteiger partial charge in [-0.25, -0.2) is 4.98 Å². The highest BCUT2D eigenvalue weighted by Gasteiger charge is 2.05. The molecule has 4 heteroatoms. The second-order valence-electron chi connectivity index (χ2n) is 4.31. The topological polar surface area (TPSA) is 29.9 Å². The maximum Gasteiger partial charge on any atom is 0.106 e. The molecule has 0 amide bonds. The standard InChI is InChI=1S/C14H15N3S/c1-17-10-11(12-4-2-3-5-13(12)17)8-15-9-14-16-6-7-18-14/h2-7,10,15H,8-9H2,1H3. The Hall–Kier alpha value is -1.65. The number of benzene rings is 1. The van der Waals surface area contributed by atoms with Crippen LogP contribution in [-0.4, -0.2) is 9.55 Å². The van der Waals surface area contributed by atoms with Gasteiger partial charge in [0.15, 0.2) is 0 Å². The molecule has 3 rings (SSSR count). The molecule has 1 N–H and O–H groups in total. The van der Waals surface area contributed by atoms with E-state index in [0.717, 1.165) is 18.1 Å². The molecule has 0 spiro atoms. The van der Waals surface area contributed by atoms with Gasteiger partial charge in [-0.05, 0) is 11.6 Å². The SMILES string of the molecule is Cn1cc(CNCc2nccs2)c2ccccc21. The minimum Gasteiger partial charge on any atom is -0.350 e. The lowest BCUT2D eigenvalue weighted by atomic mass is 10.2. The number of hydrogen-bond donors (Lipinski definition) is 1. The van der Waals surface area contributed by atoms with Crippen molar-refractivity contribution in [1.29, 1.82) is 0 Å². The van der Waals surface area contributed by atoms with Gasteiger partial charge in [-0.15, -0.1) is 11.3 Å². The summed E-state index contributed by atoms with van der Waals surface area (Å²) < 4.78 is 2.18. The Balaban J connectivity index is 1.75. The fraction of sp³-hybridized carbons (Fsp3) is 0.214. The fourth-order valence-electron chi connectivity index (χ4n) is 2.21. The molecular weight excluding hydrogens is 242 g/mol. The summed E-state index contributed by atoms with van der Waals surface area (Å²) in [5.41, 5.74) is 2.62. The van der Waals surface area contributed by atoms with Crippen molar-refractivity contribution in [2.75, 3.05) is 0 Å². The third kappa shape index (κ3) is 2.17. The van der Waals surface area contributed by atoms with Gasteiger partial charge in [0.25, 0.3) is 0 Å². The van der Waals surface area contributed by atoms with E-state index in [1.54, 1.807) is 11.3 Å². The van der Waals surface area contributed by atoms with E-state index in [1.807, 2.05) is 11.6 Å². The molecular formula is C14H15N3S. The first-order valence-corrected chi connectivity index (χ1v) is 6.84. The molecule has 2 aromatic heterocycles. The summed E-state index contributed by atoms with van der Waals surface area (Å²) in [7, 11) is 2.09. The number of para-hydroxylation sites is 1. The molecule has 0 aliphatic carbocycles. The van der Waals surface area contributed by atoms with Crippen molar-refractivity contribution in [2.24, 2.45) is 7.05 Å². The molecule has 0 aliphatic heterocycles. The van der Waals surface area contributed by atoms with Crippen LogP contribution in [0, 0.1) is 0 Å². The first-order chi connectivity index (χ1) is 8.84. The van der Waals surface area contributed by atoms with E-state index in [1.165, 1.54) is 16.5 Å². The maximum atomic E-state index is 4.27. The van der Waals surface area contributed by atoms with E-state index < -0.39 is 0 Å². The van der Waals surface area contributed by atoms with Crippen LogP contribution in [0.5, 0.6) is 0 Å². The van der Waals surface area contributed by atoms with Gasteiger partial charge >= 0.3 is 0 Å². The normalized spacial score (nSPS) is 11.2. The van der Waals surface area contributed by atoms with Crippen LogP contribution in [0.1, 0.15) is 10.6 Å². The molecule has 0 atom stereocenters. The van der Waals surface area contributed by atoms with Crippen LogP contribution in [0.4, 0.5) is 0 Å². The molecule has 0 unspecified atom stereocenters. The summed E-state index contributed by atoms with van der Waals surface area (Å²) in [6.45, 7) is 1.71. The highest BCUT2D eigenvalue weighted by atomic mass is 32.1. The average molecular weight is 257 g/mol. The molecule has 3 aromatic rings. The summed E-state index contributed by atoms with van der Waals surface area (Å²) in [6.07, 6.45) is 4.04. The van der Waals surface area contributed by atoms with Crippen molar-refractivity contribution in [3.05, 3.63) is 52.6 Å². The Kier molecular flexibility index (Phi) is 3.13. The lowest BCUT2D eigenvalue weighted by Gasteiger charge is -2.01. The van der Waals surface area contributed by atoms with E-state index in [4.69, 9.17) is 0 Å². The molecule has 18 heavy (non-hydrogen) atoms. The third-order valence-corrected chi connectivity index (χ3v) is 3.83.